The Hall–Kier alpha value is -0.770. The molecule has 0 aromatic carbocycles. The fourth-order valence-electron chi connectivity index (χ4n) is 0.829. The number of aliphatic hydroxyl groups excluding tert-OH is 5. The van der Waals surface area contributed by atoms with Crippen molar-refractivity contribution in [3.63, 3.8) is 0 Å². The fourth-order valence-corrected chi connectivity index (χ4v) is 0.829. The van der Waals surface area contributed by atoms with E-state index in [0.717, 1.165) is 0 Å². The standard InChI is InChI=1S/C7H15NO7/c9-1-4(11)6(13)7(14)5(12)2-15-8-3-10/h3-7,9,11-14H,1-2H2,(H,8,10)/t4-,5+,6-,7-/m1/s1. The fraction of sp³-hybridized carbons (Fsp3) is 0.857. The molecule has 4 atom stereocenters. The zero-order valence-corrected chi connectivity index (χ0v) is 7.85. The molecule has 0 aliphatic rings. The van der Waals surface area contributed by atoms with Crippen molar-refractivity contribution >= 4 is 6.41 Å². The SMILES string of the molecule is O=CNOC[C@H](O)[C@@H](O)[C@H](O)[C@H](O)CO. The monoisotopic (exact) mass is 225 g/mol. The molecule has 0 heterocycles. The Morgan fingerprint density at radius 3 is 2.13 bits per heavy atom. The Morgan fingerprint density at radius 2 is 1.67 bits per heavy atom. The van der Waals surface area contributed by atoms with Gasteiger partial charge in [-0.1, -0.05) is 0 Å². The molecular formula is C7H15NO7. The highest BCUT2D eigenvalue weighted by molar-refractivity contribution is 5.43. The Kier molecular flexibility index (Phi) is 7.13. The molecule has 0 aliphatic carbocycles. The first kappa shape index (κ1) is 14.2. The highest BCUT2D eigenvalue weighted by Crippen LogP contribution is 2.04. The second-order valence-electron chi connectivity index (χ2n) is 2.85. The van der Waals surface area contributed by atoms with Crippen LogP contribution in [0.4, 0.5) is 0 Å². The molecule has 15 heavy (non-hydrogen) atoms. The first-order valence-corrected chi connectivity index (χ1v) is 4.18. The maximum Gasteiger partial charge on any atom is 0.230 e. The van der Waals surface area contributed by atoms with E-state index in [1.165, 1.54) is 0 Å². The van der Waals surface area contributed by atoms with E-state index >= 15 is 0 Å². The van der Waals surface area contributed by atoms with Gasteiger partial charge in [-0.05, 0) is 0 Å². The minimum Gasteiger partial charge on any atom is -0.394 e. The van der Waals surface area contributed by atoms with E-state index in [-0.39, 0.29) is 6.41 Å². The van der Waals surface area contributed by atoms with Crippen LogP contribution in [0.25, 0.3) is 0 Å². The largest absolute Gasteiger partial charge is 0.394 e. The minimum atomic E-state index is -1.70. The van der Waals surface area contributed by atoms with Crippen LogP contribution in [-0.4, -0.2) is 69.6 Å². The Bertz CT molecular complexity index is 179. The lowest BCUT2D eigenvalue weighted by atomic mass is 10.0. The molecule has 0 rings (SSSR count). The predicted molar refractivity (Wildman–Crippen MR) is 46.3 cm³/mol. The molecule has 1 amide bonds. The van der Waals surface area contributed by atoms with Crippen LogP contribution in [-0.2, 0) is 9.63 Å². The number of hydrogen-bond acceptors (Lipinski definition) is 7. The Labute approximate surface area is 85.7 Å². The summed E-state index contributed by atoms with van der Waals surface area (Å²) in [5.41, 5.74) is 1.77. The molecule has 8 heteroatoms. The molecule has 0 fully saturated rings. The Balaban J connectivity index is 3.95. The molecule has 0 radical (unpaired) electrons. The summed E-state index contributed by atoms with van der Waals surface area (Å²) in [5.74, 6) is 0. The van der Waals surface area contributed by atoms with E-state index < -0.39 is 37.6 Å². The molecule has 0 saturated carbocycles. The quantitative estimate of drug-likeness (QED) is 0.141. The molecule has 0 aliphatic heterocycles. The first-order chi connectivity index (χ1) is 7.04. The van der Waals surface area contributed by atoms with E-state index in [4.69, 9.17) is 15.3 Å². The lowest BCUT2D eigenvalue weighted by Gasteiger charge is -2.25. The van der Waals surface area contributed by atoms with Gasteiger partial charge in [-0.15, -0.1) is 0 Å². The number of aliphatic hydroxyl groups is 5. The molecule has 90 valence electrons. The number of amides is 1. The van der Waals surface area contributed by atoms with Crippen LogP contribution in [0.1, 0.15) is 0 Å². The summed E-state index contributed by atoms with van der Waals surface area (Å²) in [6.07, 6.45) is -6.24. The van der Waals surface area contributed by atoms with Crippen LogP contribution < -0.4 is 5.48 Å². The molecule has 0 aromatic rings. The molecule has 8 nitrogen and oxygen atoms in total. The van der Waals surface area contributed by atoms with Crippen molar-refractivity contribution in [2.75, 3.05) is 13.2 Å². The summed E-state index contributed by atoms with van der Waals surface area (Å²) in [7, 11) is 0. The summed E-state index contributed by atoms with van der Waals surface area (Å²) in [6.45, 7) is -1.21. The van der Waals surface area contributed by atoms with Crippen LogP contribution in [0.3, 0.4) is 0 Å². The number of rotatable bonds is 8. The van der Waals surface area contributed by atoms with Gasteiger partial charge in [0, 0.05) is 0 Å². The van der Waals surface area contributed by atoms with E-state index in [0.29, 0.717) is 0 Å². The number of hydroxylamine groups is 1. The van der Waals surface area contributed by atoms with Crippen LogP contribution in [0.5, 0.6) is 0 Å². The van der Waals surface area contributed by atoms with Gasteiger partial charge in [0.1, 0.15) is 31.0 Å². The molecule has 6 N–H and O–H groups in total. The van der Waals surface area contributed by atoms with Crippen molar-refractivity contribution < 1.29 is 35.2 Å². The van der Waals surface area contributed by atoms with Gasteiger partial charge in [0.15, 0.2) is 0 Å². The molecule has 0 unspecified atom stereocenters. The molecule has 0 aromatic heterocycles. The summed E-state index contributed by atoms with van der Waals surface area (Å²) in [4.78, 5) is 14.1. The third-order valence-electron chi connectivity index (χ3n) is 1.71. The van der Waals surface area contributed by atoms with Crippen molar-refractivity contribution in [3.05, 3.63) is 0 Å². The maximum atomic E-state index is 9.74. The number of carbonyl (C=O) groups is 1. The number of hydrogen-bond donors (Lipinski definition) is 6. The Morgan fingerprint density at radius 1 is 1.13 bits per heavy atom. The lowest BCUT2D eigenvalue weighted by molar-refractivity contribution is -0.143. The molecule has 0 spiro atoms. The highest BCUT2D eigenvalue weighted by Gasteiger charge is 2.30. The average Bonchev–Trinajstić information content (AvgIpc) is 2.26. The average molecular weight is 225 g/mol. The zero-order valence-electron chi connectivity index (χ0n) is 7.85. The number of nitrogens with one attached hydrogen (secondary N) is 1. The van der Waals surface area contributed by atoms with Gasteiger partial charge >= 0.3 is 0 Å². The van der Waals surface area contributed by atoms with Crippen LogP contribution >= 0.6 is 0 Å². The minimum absolute atomic E-state index is 0.220. The van der Waals surface area contributed by atoms with Crippen LogP contribution in [0, 0.1) is 0 Å². The van der Waals surface area contributed by atoms with Gasteiger partial charge < -0.3 is 25.5 Å². The van der Waals surface area contributed by atoms with Gasteiger partial charge in [-0.3, -0.25) is 9.63 Å². The van der Waals surface area contributed by atoms with E-state index in [9.17, 15) is 15.0 Å². The molecule has 0 saturated heterocycles. The zero-order chi connectivity index (χ0) is 11.8. The van der Waals surface area contributed by atoms with Gasteiger partial charge in [0.05, 0.1) is 6.61 Å². The van der Waals surface area contributed by atoms with Gasteiger partial charge in [-0.2, -0.15) is 0 Å². The normalized spacial score (nSPS) is 19.0. The van der Waals surface area contributed by atoms with Gasteiger partial charge in [-0.25, -0.2) is 5.48 Å². The number of carbonyl (C=O) groups excluding carboxylic acids is 1. The van der Waals surface area contributed by atoms with Gasteiger partial charge in [0.25, 0.3) is 0 Å². The summed E-state index contributed by atoms with van der Waals surface area (Å²) in [6, 6.07) is 0. The second-order valence-corrected chi connectivity index (χ2v) is 2.85. The van der Waals surface area contributed by atoms with Crippen molar-refractivity contribution in [2.24, 2.45) is 0 Å². The summed E-state index contributed by atoms with van der Waals surface area (Å²) >= 11 is 0. The summed E-state index contributed by atoms with van der Waals surface area (Å²) < 4.78 is 0. The van der Waals surface area contributed by atoms with Gasteiger partial charge in [0.2, 0.25) is 6.41 Å². The second kappa shape index (κ2) is 7.51. The van der Waals surface area contributed by atoms with E-state index in [1.807, 2.05) is 0 Å². The van der Waals surface area contributed by atoms with Crippen molar-refractivity contribution in [2.45, 2.75) is 24.4 Å². The smallest absolute Gasteiger partial charge is 0.230 e. The van der Waals surface area contributed by atoms with Crippen LogP contribution in [0.15, 0.2) is 0 Å². The van der Waals surface area contributed by atoms with Crippen molar-refractivity contribution in [3.8, 4) is 0 Å². The third kappa shape index (κ3) is 5.02. The first-order valence-electron chi connectivity index (χ1n) is 4.18. The molecular weight excluding hydrogens is 210 g/mol. The van der Waals surface area contributed by atoms with Crippen molar-refractivity contribution in [1.29, 1.82) is 0 Å². The maximum absolute atomic E-state index is 9.74. The molecule has 0 bridgehead atoms. The van der Waals surface area contributed by atoms with E-state index in [1.54, 1.807) is 5.48 Å². The predicted octanol–water partition coefficient (Wildman–Crippen LogP) is -3.90. The van der Waals surface area contributed by atoms with Crippen molar-refractivity contribution in [1.82, 2.24) is 5.48 Å². The van der Waals surface area contributed by atoms with Crippen LogP contribution in [0.2, 0.25) is 0 Å². The third-order valence-corrected chi connectivity index (χ3v) is 1.71. The highest BCUT2D eigenvalue weighted by atomic mass is 16.7. The lowest BCUT2D eigenvalue weighted by Crippen LogP contribution is -2.47. The van der Waals surface area contributed by atoms with E-state index in [2.05, 4.69) is 4.84 Å². The summed E-state index contributed by atoms with van der Waals surface area (Å²) in [5, 5.41) is 44.9. The topological polar surface area (TPSA) is 139 Å².